The van der Waals surface area contributed by atoms with Crippen molar-refractivity contribution < 1.29 is 4.79 Å². The Bertz CT molecular complexity index is 174. The second-order valence-electron chi connectivity index (χ2n) is 3.23. The molecule has 0 radical (unpaired) electrons. The molecule has 1 N–H and O–H groups in total. The molecule has 1 amide bonds. The third-order valence-electron chi connectivity index (χ3n) is 1.60. The number of carbonyl (C=O) groups is 1. The lowest BCUT2D eigenvalue weighted by Gasteiger charge is -2.01. The summed E-state index contributed by atoms with van der Waals surface area (Å²) < 4.78 is 0. The quantitative estimate of drug-likeness (QED) is 0.401. The molecule has 2 nitrogen and oxygen atoms in total. The van der Waals surface area contributed by atoms with Crippen molar-refractivity contribution in [3.8, 4) is 0 Å². The number of carbonyl (C=O) groups excluding carboxylic acids is 1. The predicted molar refractivity (Wildman–Crippen MR) is 57.0 cm³/mol. The van der Waals surface area contributed by atoms with Crippen LogP contribution in [0.2, 0.25) is 0 Å². The second kappa shape index (κ2) is 8.11. The number of amides is 1. The zero-order chi connectivity index (χ0) is 10.1. The number of unbranched alkanes of at least 4 members (excludes halogenated alkanes) is 1. The van der Waals surface area contributed by atoms with Crippen LogP contribution in [0.1, 0.15) is 33.1 Å². The van der Waals surface area contributed by atoms with Crippen LogP contribution in [0.15, 0.2) is 11.6 Å². The van der Waals surface area contributed by atoms with Gasteiger partial charge in [-0.3, -0.25) is 4.79 Å². The summed E-state index contributed by atoms with van der Waals surface area (Å²) >= 11 is 5.49. The Labute approximate surface area is 85.3 Å². The average Bonchev–Trinajstić information content (AvgIpc) is 2.04. The van der Waals surface area contributed by atoms with Gasteiger partial charge in [0.15, 0.2) is 0 Å². The number of hydrogen-bond donors (Lipinski definition) is 1. The van der Waals surface area contributed by atoms with Crippen molar-refractivity contribution in [3.63, 3.8) is 0 Å². The Balaban J connectivity index is 3.36. The fourth-order valence-electron chi connectivity index (χ4n) is 0.837. The lowest BCUT2D eigenvalue weighted by atomic mass is 10.2. The van der Waals surface area contributed by atoms with Crippen LogP contribution < -0.4 is 5.32 Å². The summed E-state index contributed by atoms with van der Waals surface area (Å²) in [4.78, 5) is 11.1. The molecule has 0 bridgehead atoms. The molecule has 0 fully saturated rings. The van der Waals surface area contributed by atoms with Gasteiger partial charge < -0.3 is 5.32 Å². The van der Waals surface area contributed by atoms with Gasteiger partial charge in [-0.2, -0.15) is 0 Å². The molecule has 0 rings (SSSR count). The van der Waals surface area contributed by atoms with E-state index in [1.165, 1.54) is 5.57 Å². The highest BCUT2D eigenvalue weighted by Gasteiger charge is 1.97. The first-order chi connectivity index (χ1) is 6.16. The van der Waals surface area contributed by atoms with Gasteiger partial charge in [0.25, 0.3) is 0 Å². The number of halogens is 1. The van der Waals surface area contributed by atoms with Gasteiger partial charge in [-0.15, -0.1) is 11.6 Å². The van der Waals surface area contributed by atoms with E-state index in [1.807, 2.05) is 19.9 Å². The van der Waals surface area contributed by atoms with Crippen LogP contribution in [0.25, 0.3) is 0 Å². The summed E-state index contributed by atoms with van der Waals surface area (Å²) in [7, 11) is 0. The minimum absolute atomic E-state index is 0.114. The lowest BCUT2D eigenvalue weighted by Crippen LogP contribution is -2.22. The maximum atomic E-state index is 11.1. The molecular weight excluding hydrogens is 186 g/mol. The van der Waals surface area contributed by atoms with Crippen LogP contribution >= 0.6 is 11.6 Å². The first kappa shape index (κ1) is 12.5. The Hall–Kier alpha value is -0.500. The van der Waals surface area contributed by atoms with Gasteiger partial charge in [-0.05, 0) is 26.7 Å². The van der Waals surface area contributed by atoms with Crippen LogP contribution in [-0.4, -0.2) is 18.3 Å². The molecule has 0 aromatic carbocycles. The molecule has 0 aliphatic heterocycles. The molecule has 0 spiro atoms. The van der Waals surface area contributed by atoms with Crippen molar-refractivity contribution in [1.82, 2.24) is 5.32 Å². The highest BCUT2D eigenvalue weighted by molar-refractivity contribution is 6.17. The molecule has 0 atom stereocenters. The molecule has 3 heteroatoms. The fraction of sp³-hybridized carbons (Fsp3) is 0.700. The number of rotatable bonds is 6. The van der Waals surface area contributed by atoms with Gasteiger partial charge in [-0.1, -0.05) is 11.6 Å². The largest absolute Gasteiger partial charge is 0.353 e. The highest BCUT2D eigenvalue weighted by Crippen LogP contribution is 1.96. The van der Waals surface area contributed by atoms with Gasteiger partial charge >= 0.3 is 0 Å². The fourth-order valence-corrected chi connectivity index (χ4v) is 1.03. The van der Waals surface area contributed by atoms with E-state index >= 15 is 0 Å². The van der Waals surface area contributed by atoms with Crippen LogP contribution in [0.5, 0.6) is 0 Å². The number of allylic oxidation sites excluding steroid dienone is 1. The van der Waals surface area contributed by atoms with Crippen molar-refractivity contribution in [3.05, 3.63) is 11.6 Å². The van der Waals surface area contributed by atoms with Crippen LogP contribution in [0.3, 0.4) is 0 Å². The van der Waals surface area contributed by atoms with Gasteiger partial charge in [0, 0.05) is 18.8 Å². The Kier molecular flexibility index (Phi) is 7.80. The molecular formula is C10H18ClNO. The summed E-state index contributed by atoms with van der Waals surface area (Å²) in [5.74, 6) is 0.754. The smallest absolute Gasteiger partial charge is 0.220 e. The van der Waals surface area contributed by atoms with Crippen molar-refractivity contribution in [2.24, 2.45) is 0 Å². The molecule has 0 saturated carbocycles. The maximum absolute atomic E-state index is 11.1. The Morgan fingerprint density at radius 3 is 2.62 bits per heavy atom. The average molecular weight is 204 g/mol. The highest BCUT2D eigenvalue weighted by atomic mass is 35.5. The van der Waals surface area contributed by atoms with Crippen molar-refractivity contribution in [2.45, 2.75) is 33.1 Å². The zero-order valence-electron chi connectivity index (χ0n) is 8.40. The summed E-state index contributed by atoms with van der Waals surface area (Å²) in [5, 5.41) is 2.81. The standard InChI is InChI=1S/C10H18ClNO/c1-9(2)6-8-12-10(13)5-3-4-7-11/h6H,3-5,7-8H2,1-2H3,(H,12,13). The van der Waals surface area contributed by atoms with Crippen molar-refractivity contribution in [2.75, 3.05) is 12.4 Å². The number of hydrogen-bond acceptors (Lipinski definition) is 1. The molecule has 0 aliphatic rings. The van der Waals surface area contributed by atoms with Crippen molar-refractivity contribution >= 4 is 17.5 Å². The topological polar surface area (TPSA) is 29.1 Å². The van der Waals surface area contributed by atoms with Crippen LogP contribution in [0.4, 0.5) is 0 Å². The summed E-state index contributed by atoms with van der Waals surface area (Å²) in [6.07, 6.45) is 4.38. The Morgan fingerprint density at radius 2 is 2.08 bits per heavy atom. The van der Waals surface area contributed by atoms with Crippen molar-refractivity contribution in [1.29, 1.82) is 0 Å². The van der Waals surface area contributed by atoms with E-state index in [2.05, 4.69) is 5.32 Å². The van der Waals surface area contributed by atoms with E-state index in [1.54, 1.807) is 0 Å². The van der Waals surface area contributed by atoms with Crippen LogP contribution in [0, 0.1) is 0 Å². The molecule has 0 aliphatic carbocycles. The molecule has 0 heterocycles. The third kappa shape index (κ3) is 9.41. The zero-order valence-corrected chi connectivity index (χ0v) is 9.16. The summed E-state index contributed by atoms with van der Waals surface area (Å²) in [6, 6.07) is 0. The minimum atomic E-state index is 0.114. The minimum Gasteiger partial charge on any atom is -0.353 e. The van der Waals surface area contributed by atoms with Gasteiger partial charge in [0.05, 0.1) is 0 Å². The van der Waals surface area contributed by atoms with E-state index in [4.69, 9.17) is 11.6 Å². The third-order valence-corrected chi connectivity index (χ3v) is 1.86. The predicted octanol–water partition coefficient (Wildman–Crippen LogP) is 2.48. The molecule has 0 unspecified atom stereocenters. The molecule has 13 heavy (non-hydrogen) atoms. The number of alkyl halides is 1. The maximum Gasteiger partial charge on any atom is 0.220 e. The molecule has 0 aromatic heterocycles. The Morgan fingerprint density at radius 1 is 1.38 bits per heavy atom. The molecule has 76 valence electrons. The molecule has 0 aromatic rings. The number of nitrogens with one attached hydrogen (secondary N) is 1. The van der Waals surface area contributed by atoms with E-state index in [0.29, 0.717) is 18.8 Å². The van der Waals surface area contributed by atoms with E-state index in [-0.39, 0.29) is 5.91 Å². The van der Waals surface area contributed by atoms with Gasteiger partial charge in [-0.25, -0.2) is 0 Å². The summed E-state index contributed by atoms with van der Waals surface area (Å²) in [6.45, 7) is 4.67. The van der Waals surface area contributed by atoms with Gasteiger partial charge in [0.1, 0.15) is 0 Å². The van der Waals surface area contributed by atoms with Gasteiger partial charge in [0.2, 0.25) is 5.91 Å². The normalized spacial score (nSPS) is 9.46. The second-order valence-corrected chi connectivity index (χ2v) is 3.61. The van der Waals surface area contributed by atoms with E-state index in [9.17, 15) is 4.79 Å². The lowest BCUT2D eigenvalue weighted by molar-refractivity contribution is -0.120. The van der Waals surface area contributed by atoms with E-state index in [0.717, 1.165) is 12.8 Å². The SMILES string of the molecule is CC(C)=CCNC(=O)CCCCCl. The van der Waals surface area contributed by atoms with Crippen LogP contribution in [-0.2, 0) is 4.79 Å². The first-order valence-corrected chi connectivity index (χ1v) is 5.16. The first-order valence-electron chi connectivity index (χ1n) is 4.63. The summed E-state index contributed by atoms with van der Waals surface area (Å²) in [5.41, 5.74) is 1.22. The monoisotopic (exact) mass is 203 g/mol. The van der Waals surface area contributed by atoms with E-state index < -0.39 is 0 Å². The molecule has 0 saturated heterocycles.